The van der Waals surface area contributed by atoms with Gasteiger partial charge in [0.1, 0.15) is 24.0 Å². The van der Waals surface area contributed by atoms with Crippen molar-refractivity contribution in [2.45, 2.75) is 26.5 Å². The lowest BCUT2D eigenvalue weighted by molar-refractivity contribution is 0.306. The van der Waals surface area contributed by atoms with E-state index < -0.39 is 0 Å². The van der Waals surface area contributed by atoms with Crippen molar-refractivity contribution in [2.24, 2.45) is 0 Å². The van der Waals surface area contributed by atoms with Crippen molar-refractivity contribution in [2.75, 3.05) is 19.5 Å². The molecule has 164 valence electrons. The summed E-state index contributed by atoms with van der Waals surface area (Å²) in [4.78, 5) is 9.21. The van der Waals surface area contributed by atoms with Gasteiger partial charge in [-0.15, -0.1) is 0 Å². The van der Waals surface area contributed by atoms with Gasteiger partial charge in [0.2, 0.25) is 0 Å². The number of hydrogen-bond acceptors (Lipinski definition) is 6. The summed E-state index contributed by atoms with van der Waals surface area (Å²) in [5, 5.41) is 4.40. The molecule has 0 bridgehead atoms. The van der Waals surface area contributed by atoms with Gasteiger partial charge < -0.3 is 19.5 Å². The summed E-state index contributed by atoms with van der Waals surface area (Å²) in [5.41, 5.74) is 3.03. The summed E-state index contributed by atoms with van der Waals surface area (Å²) in [5.74, 6) is 3.53. The molecular formula is C26H27N3O3. The molecule has 0 saturated heterocycles. The minimum absolute atomic E-state index is 0.000807. The van der Waals surface area contributed by atoms with Crippen LogP contribution >= 0.6 is 0 Å². The molecule has 1 heterocycles. The maximum absolute atomic E-state index is 5.99. The highest BCUT2D eigenvalue weighted by molar-refractivity contribution is 5.92. The number of rotatable bonds is 8. The Hall–Kier alpha value is -3.80. The van der Waals surface area contributed by atoms with Gasteiger partial charge in [0.15, 0.2) is 11.5 Å². The smallest absolute Gasteiger partial charge is 0.162 e. The van der Waals surface area contributed by atoms with Crippen LogP contribution in [-0.4, -0.2) is 24.2 Å². The van der Waals surface area contributed by atoms with E-state index in [4.69, 9.17) is 14.2 Å². The fourth-order valence-electron chi connectivity index (χ4n) is 3.58. The van der Waals surface area contributed by atoms with Gasteiger partial charge in [-0.1, -0.05) is 42.5 Å². The van der Waals surface area contributed by atoms with Gasteiger partial charge in [0.25, 0.3) is 0 Å². The van der Waals surface area contributed by atoms with Gasteiger partial charge in [-0.25, -0.2) is 9.97 Å². The Morgan fingerprint density at radius 3 is 2.38 bits per heavy atom. The molecule has 0 fully saturated rings. The zero-order chi connectivity index (χ0) is 22.5. The van der Waals surface area contributed by atoms with E-state index in [-0.39, 0.29) is 6.04 Å². The first-order valence-corrected chi connectivity index (χ1v) is 10.5. The second kappa shape index (κ2) is 9.56. The quantitative estimate of drug-likeness (QED) is 0.387. The molecule has 4 rings (SSSR count). The fourth-order valence-corrected chi connectivity index (χ4v) is 3.58. The Morgan fingerprint density at radius 1 is 0.875 bits per heavy atom. The van der Waals surface area contributed by atoms with Crippen molar-refractivity contribution < 1.29 is 14.2 Å². The van der Waals surface area contributed by atoms with Crippen molar-refractivity contribution in [1.29, 1.82) is 0 Å². The molecule has 6 heteroatoms. The SMILES string of the molecule is COc1cc2nc(C)nc(NC(C)c3cccc(OCc4ccccc4)c3)c2cc1OC. The number of nitrogens with one attached hydrogen (secondary N) is 1. The number of benzene rings is 3. The van der Waals surface area contributed by atoms with Crippen molar-refractivity contribution >= 4 is 16.7 Å². The van der Waals surface area contributed by atoms with Gasteiger partial charge in [0, 0.05) is 11.5 Å². The number of ether oxygens (including phenoxy) is 3. The number of fused-ring (bicyclic) bond motifs is 1. The van der Waals surface area contributed by atoms with E-state index in [2.05, 4.69) is 46.5 Å². The van der Waals surface area contributed by atoms with E-state index in [1.807, 2.05) is 49.4 Å². The maximum Gasteiger partial charge on any atom is 0.162 e. The first-order valence-electron chi connectivity index (χ1n) is 10.5. The molecule has 4 aromatic rings. The van der Waals surface area contributed by atoms with Gasteiger partial charge >= 0.3 is 0 Å². The van der Waals surface area contributed by atoms with Crippen LogP contribution in [0.25, 0.3) is 10.9 Å². The molecule has 1 unspecified atom stereocenters. The first-order chi connectivity index (χ1) is 15.6. The zero-order valence-corrected chi connectivity index (χ0v) is 18.8. The number of aromatic nitrogens is 2. The highest BCUT2D eigenvalue weighted by atomic mass is 16.5. The standard InChI is InChI=1S/C26H27N3O3/c1-17(20-11-8-12-21(13-20)32-16-19-9-6-5-7-10-19)27-26-22-14-24(30-3)25(31-4)15-23(22)28-18(2)29-26/h5-15,17H,16H2,1-4H3,(H,27,28,29). The number of anilines is 1. The maximum atomic E-state index is 5.99. The van der Waals surface area contributed by atoms with Crippen LogP contribution in [0.5, 0.6) is 17.2 Å². The predicted molar refractivity (Wildman–Crippen MR) is 127 cm³/mol. The summed E-state index contributed by atoms with van der Waals surface area (Å²) in [6, 6.07) is 22.0. The number of methoxy groups -OCH3 is 2. The molecule has 1 aromatic heterocycles. The van der Waals surface area contributed by atoms with Crippen molar-refractivity contribution in [3.63, 3.8) is 0 Å². The molecule has 3 aromatic carbocycles. The number of nitrogens with zero attached hydrogens (tertiary/aromatic N) is 2. The van der Waals surface area contributed by atoms with Gasteiger partial charge in [-0.05, 0) is 43.2 Å². The van der Waals surface area contributed by atoms with Crippen LogP contribution in [0, 0.1) is 6.92 Å². The molecule has 1 atom stereocenters. The van der Waals surface area contributed by atoms with E-state index in [0.717, 1.165) is 33.6 Å². The van der Waals surface area contributed by atoms with Crippen molar-refractivity contribution in [3.8, 4) is 17.2 Å². The summed E-state index contributed by atoms with van der Waals surface area (Å²) in [6.45, 7) is 4.51. The average molecular weight is 430 g/mol. The molecule has 1 N–H and O–H groups in total. The molecule has 0 amide bonds. The van der Waals surface area contributed by atoms with Crippen LogP contribution in [0.1, 0.15) is 29.9 Å². The molecule has 0 aliphatic rings. The Morgan fingerprint density at radius 2 is 1.62 bits per heavy atom. The summed E-state index contributed by atoms with van der Waals surface area (Å²) in [6.07, 6.45) is 0. The molecule has 6 nitrogen and oxygen atoms in total. The second-order valence-electron chi connectivity index (χ2n) is 7.56. The monoisotopic (exact) mass is 429 g/mol. The van der Waals surface area contributed by atoms with Crippen LogP contribution in [-0.2, 0) is 6.61 Å². The number of aryl methyl sites for hydroxylation is 1. The first kappa shape index (κ1) is 21.4. The molecular weight excluding hydrogens is 402 g/mol. The Bertz CT molecular complexity index is 1210. The third-order valence-corrected chi connectivity index (χ3v) is 5.27. The van der Waals surface area contributed by atoms with E-state index in [9.17, 15) is 0 Å². The van der Waals surface area contributed by atoms with E-state index in [1.165, 1.54) is 0 Å². The average Bonchev–Trinajstić information content (AvgIpc) is 2.82. The fraction of sp³-hybridized carbons (Fsp3) is 0.231. The lowest BCUT2D eigenvalue weighted by Gasteiger charge is -2.18. The summed E-state index contributed by atoms with van der Waals surface area (Å²) >= 11 is 0. The van der Waals surface area contributed by atoms with E-state index in [1.54, 1.807) is 14.2 Å². The lowest BCUT2D eigenvalue weighted by Crippen LogP contribution is -2.10. The normalized spacial score (nSPS) is 11.8. The minimum atomic E-state index is 0.000807. The largest absolute Gasteiger partial charge is 0.493 e. The molecule has 0 spiro atoms. The van der Waals surface area contributed by atoms with Gasteiger partial charge in [0.05, 0.1) is 25.8 Å². The van der Waals surface area contributed by atoms with E-state index >= 15 is 0 Å². The van der Waals surface area contributed by atoms with Crippen LogP contribution < -0.4 is 19.5 Å². The van der Waals surface area contributed by atoms with Crippen LogP contribution in [0.15, 0.2) is 66.7 Å². The topological polar surface area (TPSA) is 65.5 Å². The highest BCUT2D eigenvalue weighted by Crippen LogP contribution is 2.35. The third-order valence-electron chi connectivity index (χ3n) is 5.27. The van der Waals surface area contributed by atoms with E-state index in [0.29, 0.717) is 23.9 Å². The van der Waals surface area contributed by atoms with Gasteiger partial charge in [-0.2, -0.15) is 0 Å². The molecule has 32 heavy (non-hydrogen) atoms. The minimum Gasteiger partial charge on any atom is -0.493 e. The Labute approximate surface area is 188 Å². The second-order valence-corrected chi connectivity index (χ2v) is 7.56. The Kier molecular flexibility index (Phi) is 6.40. The molecule has 0 aliphatic heterocycles. The predicted octanol–water partition coefficient (Wildman–Crippen LogP) is 5.71. The zero-order valence-electron chi connectivity index (χ0n) is 18.8. The third kappa shape index (κ3) is 4.75. The van der Waals surface area contributed by atoms with Crippen LogP contribution in [0.3, 0.4) is 0 Å². The Balaban J connectivity index is 1.57. The molecule has 0 saturated carbocycles. The lowest BCUT2D eigenvalue weighted by atomic mass is 10.1. The van der Waals surface area contributed by atoms with Gasteiger partial charge in [-0.3, -0.25) is 0 Å². The number of hydrogen-bond donors (Lipinski definition) is 1. The molecule has 0 radical (unpaired) electrons. The van der Waals surface area contributed by atoms with Crippen LogP contribution in [0.2, 0.25) is 0 Å². The molecule has 0 aliphatic carbocycles. The highest BCUT2D eigenvalue weighted by Gasteiger charge is 2.15. The van der Waals surface area contributed by atoms with Crippen molar-refractivity contribution in [3.05, 3.63) is 83.7 Å². The van der Waals surface area contributed by atoms with Crippen LogP contribution in [0.4, 0.5) is 5.82 Å². The summed E-state index contributed by atoms with van der Waals surface area (Å²) in [7, 11) is 3.24. The summed E-state index contributed by atoms with van der Waals surface area (Å²) < 4.78 is 16.9. The van der Waals surface area contributed by atoms with Crippen molar-refractivity contribution in [1.82, 2.24) is 9.97 Å².